The molecule has 1 N–H and O–H groups in total. The van der Waals surface area contributed by atoms with Crippen LogP contribution in [0.2, 0.25) is 0 Å². The van der Waals surface area contributed by atoms with Crippen molar-refractivity contribution in [1.82, 2.24) is 10.2 Å². The largest absolute Gasteiger partial charge is 0.278 e. The maximum atomic E-state index is 3.98. The zero-order valence-corrected chi connectivity index (χ0v) is 6.68. The van der Waals surface area contributed by atoms with E-state index in [0.717, 1.165) is 5.52 Å². The van der Waals surface area contributed by atoms with Gasteiger partial charge in [0.1, 0.15) is 0 Å². The summed E-state index contributed by atoms with van der Waals surface area (Å²) in [6, 6.07) is 4.27. The lowest BCUT2D eigenvalue weighted by molar-refractivity contribution is 1.12. The average Bonchev–Trinajstić information content (AvgIpc) is 2.34. The predicted molar refractivity (Wildman–Crippen MR) is 45.6 cm³/mol. The molecule has 0 bridgehead atoms. The third-order valence-corrected chi connectivity index (χ3v) is 1.91. The van der Waals surface area contributed by atoms with Gasteiger partial charge in [0.15, 0.2) is 0 Å². The van der Waals surface area contributed by atoms with Gasteiger partial charge >= 0.3 is 0 Å². The van der Waals surface area contributed by atoms with Crippen LogP contribution in [-0.2, 0) is 0 Å². The van der Waals surface area contributed by atoms with E-state index in [-0.39, 0.29) is 0 Å². The summed E-state index contributed by atoms with van der Waals surface area (Å²) in [5.74, 6) is 0. The molecule has 56 valence electrons. The third-order valence-electron chi connectivity index (χ3n) is 1.91. The summed E-state index contributed by atoms with van der Waals surface area (Å²) < 4.78 is 0. The molecule has 2 aromatic rings. The maximum absolute atomic E-state index is 3.98. The van der Waals surface area contributed by atoms with Crippen LogP contribution in [0.1, 0.15) is 11.1 Å². The fourth-order valence-corrected chi connectivity index (χ4v) is 1.41. The van der Waals surface area contributed by atoms with Crippen molar-refractivity contribution < 1.29 is 0 Å². The molecule has 0 aliphatic heterocycles. The van der Waals surface area contributed by atoms with Crippen LogP contribution in [0.3, 0.4) is 0 Å². The summed E-state index contributed by atoms with van der Waals surface area (Å²) in [4.78, 5) is 0. The number of H-pyrrole nitrogens is 1. The Hall–Kier alpha value is -1.31. The summed E-state index contributed by atoms with van der Waals surface area (Å²) >= 11 is 0. The van der Waals surface area contributed by atoms with Crippen LogP contribution in [-0.4, -0.2) is 10.2 Å². The van der Waals surface area contributed by atoms with E-state index >= 15 is 0 Å². The van der Waals surface area contributed by atoms with Gasteiger partial charge in [-0.1, -0.05) is 6.07 Å². The lowest BCUT2D eigenvalue weighted by Gasteiger charge is -1.96. The Labute approximate surface area is 65.2 Å². The van der Waals surface area contributed by atoms with Crippen molar-refractivity contribution in [3.63, 3.8) is 0 Å². The first-order valence-electron chi connectivity index (χ1n) is 3.68. The van der Waals surface area contributed by atoms with Crippen LogP contribution in [0.5, 0.6) is 0 Å². The Morgan fingerprint density at radius 2 is 2.09 bits per heavy atom. The number of aryl methyl sites for hydroxylation is 2. The molecule has 0 saturated carbocycles. The van der Waals surface area contributed by atoms with Crippen molar-refractivity contribution in [1.29, 1.82) is 0 Å². The summed E-state index contributed by atoms with van der Waals surface area (Å²) in [5.41, 5.74) is 3.69. The van der Waals surface area contributed by atoms with E-state index in [9.17, 15) is 0 Å². The Balaban J connectivity index is 2.91. The Morgan fingerprint density at radius 1 is 1.27 bits per heavy atom. The number of benzene rings is 1. The minimum absolute atomic E-state index is 1.13. The van der Waals surface area contributed by atoms with Gasteiger partial charge in [0, 0.05) is 5.39 Å². The number of nitrogens with one attached hydrogen (secondary N) is 1. The van der Waals surface area contributed by atoms with Crippen LogP contribution >= 0.6 is 0 Å². The number of aromatic nitrogens is 2. The first-order valence-corrected chi connectivity index (χ1v) is 3.68. The second-order valence-corrected chi connectivity index (χ2v) is 2.91. The highest BCUT2D eigenvalue weighted by molar-refractivity contribution is 5.82. The molecule has 11 heavy (non-hydrogen) atoms. The highest BCUT2D eigenvalue weighted by Crippen LogP contribution is 2.16. The van der Waals surface area contributed by atoms with Gasteiger partial charge in [0.25, 0.3) is 0 Å². The second kappa shape index (κ2) is 2.09. The molecule has 0 saturated heterocycles. The molecule has 2 nitrogen and oxygen atoms in total. The van der Waals surface area contributed by atoms with Crippen molar-refractivity contribution in [3.05, 3.63) is 29.5 Å². The number of nitrogens with zero attached hydrogens (tertiary/aromatic N) is 1. The number of hydrogen-bond donors (Lipinski definition) is 1. The molecule has 0 radical (unpaired) electrons. The van der Waals surface area contributed by atoms with E-state index in [1.54, 1.807) is 0 Å². The summed E-state index contributed by atoms with van der Waals surface area (Å²) in [6.07, 6.45) is 1.87. The molecule has 1 heterocycles. The standard InChI is InChI=1S/C9H10N2/c1-6-3-7(2)8-5-10-11-9(8)4-6/h3-5H,1-2H3,(H,10,11). The fourth-order valence-electron chi connectivity index (χ4n) is 1.41. The van der Waals surface area contributed by atoms with Gasteiger partial charge in [-0.25, -0.2) is 0 Å². The molecule has 2 rings (SSSR count). The first-order chi connectivity index (χ1) is 5.27. The van der Waals surface area contributed by atoms with Gasteiger partial charge in [0.05, 0.1) is 11.7 Å². The highest BCUT2D eigenvalue weighted by atomic mass is 15.1. The zero-order chi connectivity index (χ0) is 7.84. The normalized spacial score (nSPS) is 10.7. The van der Waals surface area contributed by atoms with E-state index in [1.807, 2.05) is 6.20 Å². The van der Waals surface area contributed by atoms with E-state index < -0.39 is 0 Å². The summed E-state index contributed by atoms with van der Waals surface area (Å²) in [7, 11) is 0. The lowest BCUT2D eigenvalue weighted by atomic mass is 10.1. The topological polar surface area (TPSA) is 28.7 Å². The molecule has 0 spiro atoms. The zero-order valence-electron chi connectivity index (χ0n) is 6.68. The maximum Gasteiger partial charge on any atom is 0.0655 e. The lowest BCUT2D eigenvalue weighted by Crippen LogP contribution is -1.77. The Morgan fingerprint density at radius 3 is 2.91 bits per heavy atom. The van der Waals surface area contributed by atoms with Gasteiger partial charge < -0.3 is 0 Å². The molecule has 0 aliphatic rings. The van der Waals surface area contributed by atoms with Crippen LogP contribution in [0.4, 0.5) is 0 Å². The summed E-state index contributed by atoms with van der Waals surface area (Å²) in [6.45, 7) is 4.19. The molecule has 0 fully saturated rings. The fraction of sp³-hybridized carbons (Fsp3) is 0.222. The number of hydrogen-bond acceptors (Lipinski definition) is 1. The molecule has 0 unspecified atom stereocenters. The minimum atomic E-state index is 1.13. The quantitative estimate of drug-likeness (QED) is 0.606. The predicted octanol–water partition coefficient (Wildman–Crippen LogP) is 2.18. The molecule has 1 aromatic carbocycles. The van der Waals surface area contributed by atoms with Crippen LogP contribution in [0, 0.1) is 13.8 Å². The monoisotopic (exact) mass is 146 g/mol. The van der Waals surface area contributed by atoms with E-state index in [1.165, 1.54) is 16.5 Å². The first kappa shape index (κ1) is 6.40. The second-order valence-electron chi connectivity index (χ2n) is 2.91. The van der Waals surface area contributed by atoms with Gasteiger partial charge in [-0.05, 0) is 31.0 Å². The van der Waals surface area contributed by atoms with E-state index in [4.69, 9.17) is 0 Å². The molecular formula is C9H10N2. The van der Waals surface area contributed by atoms with Gasteiger partial charge in [-0.3, -0.25) is 5.10 Å². The highest BCUT2D eigenvalue weighted by Gasteiger charge is 1.98. The van der Waals surface area contributed by atoms with Crippen LogP contribution in [0.15, 0.2) is 18.3 Å². The number of fused-ring (bicyclic) bond motifs is 1. The molecule has 2 heteroatoms. The van der Waals surface area contributed by atoms with Gasteiger partial charge in [0.2, 0.25) is 0 Å². The van der Waals surface area contributed by atoms with Crippen molar-refractivity contribution in [2.75, 3.05) is 0 Å². The van der Waals surface area contributed by atoms with Crippen LogP contribution < -0.4 is 0 Å². The molecule has 0 aliphatic carbocycles. The van der Waals surface area contributed by atoms with Crippen molar-refractivity contribution in [2.45, 2.75) is 13.8 Å². The number of aromatic amines is 1. The van der Waals surface area contributed by atoms with Crippen molar-refractivity contribution in [2.24, 2.45) is 0 Å². The van der Waals surface area contributed by atoms with E-state index in [0.29, 0.717) is 0 Å². The molecule has 0 atom stereocenters. The Kier molecular flexibility index (Phi) is 1.22. The molecule has 1 aromatic heterocycles. The van der Waals surface area contributed by atoms with Gasteiger partial charge in [-0.2, -0.15) is 5.10 Å². The summed E-state index contributed by atoms with van der Waals surface area (Å²) in [5, 5.41) is 8.15. The average molecular weight is 146 g/mol. The minimum Gasteiger partial charge on any atom is -0.278 e. The molecular weight excluding hydrogens is 136 g/mol. The van der Waals surface area contributed by atoms with Crippen molar-refractivity contribution >= 4 is 10.9 Å². The number of rotatable bonds is 0. The smallest absolute Gasteiger partial charge is 0.0655 e. The van der Waals surface area contributed by atoms with Crippen LogP contribution in [0.25, 0.3) is 10.9 Å². The Bertz CT molecular complexity index is 387. The molecule has 0 amide bonds. The third kappa shape index (κ3) is 0.909. The van der Waals surface area contributed by atoms with Gasteiger partial charge in [-0.15, -0.1) is 0 Å². The van der Waals surface area contributed by atoms with E-state index in [2.05, 4.69) is 36.2 Å². The van der Waals surface area contributed by atoms with Crippen molar-refractivity contribution in [3.8, 4) is 0 Å². The SMILES string of the molecule is Cc1cc(C)c2cn[nH]c2c1.